The first-order chi connectivity index (χ1) is 5.15. The van der Waals surface area contributed by atoms with Crippen molar-refractivity contribution in [3.8, 4) is 5.75 Å². The third kappa shape index (κ3) is 1.53. The van der Waals surface area contributed by atoms with E-state index in [0.717, 1.165) is 16.7 Å². The summed E-state index contributed by atoms with van der Waals surface area (Å²) in [4.78, 5) is 0. The lowest BCUT2D eigenvalue weighted by molar-refractivity contribution is 0.467. The Balaban J connectivity index is 3.21. The maximum absolute atomic E-state index is 9.41. The Morgan fingerprint density at radius 3 is 2.00 bits per heavy atom. The number of aromatic hydroxyl groups is 1. The largest absolute Gasteiger partial charge is 0.507 e. The number of phenols is 1. The van der Waals surface area contributed by atoms with Crippen LogP contribution in [0.3, 0.4) is 0 Å². The molecule has 0 aliphatic heterocycles. The average Bonchev–Trinajstić information content (AvgIpc) is 1.99. The zero-order valence-electron chi connectivity index (χ0n) is 7.18. The summed E-state index contributed by atoms with van der Waals surface area (Å²) in [5.41, 5.74) is 3.05. The van der Waals surface area contributed by atoms with E-state index in [9.17, 15) is 5.11 Å². The fourth-order valence-corrected chi connectivity index (χ4v) is 1.16. The third-order valence-electron chi connectivity index (χ3n) is 1.85. The third-order valence-corrected chi connectivity index (χ3v) is 1.85. The Kier molecular flexibility index (Phi) is 2.18. The molecule has 59 valence electrons. The van der Waals surface area contributed by atoms with Crippen molar-refractivity contribution in [1.29, 1.82) is 0 Å². The van der Waals surface area contributed by atoms with Crippen LogP contribution in [0.4, 0.5) is 0 Å². The van der Waals surface area contributed by atoms with Crippen molar-refractivity contribution in [1.82, 2.24) is 0 Å². The SMILES string of the molecule is C[CH]c1cc(C)c(O)c(C)c1. The van der Waals surface area contributed by atoms with Gasteiger partial charge < -0.3 is 5.11 Å². The number of rotatable bonds is 1. The first kappa shape index (κ1) is 8.12. The first-order valence-electron chi connectivity index (χ1n) is 3.74. The van der Waals surface area contributed by atoms with Gasteiger partial charge in [-0.15, -0.1) is 0 Å². The highest BCUT2D eigenvalue weighted by atomic mass is 16.3. The number of benzene rings is 1. The quantitative estimate of drug-likeness (QED) is 0.650. The van der Waals surface area contributed by atoms with Crippen LogP contribution in [-0.4, -0.2) is 5.11 Å². The van der Waals surface area contributed by atoms with E-state index < -0.39 is 0 Å². The van der Waals surface area contributed by atoms with Crippen LogP contribution in [-0.2, 0) is 0 Å². The van der Waals surface area contributed by atoms with Gasteiger partial charge in [0, 0.05) is 0 Å². The summed E-state index contributed by atoms with van der Waals surface area (Å²) in [6.45, 7) is 5.82. The van der Waals surface area contributed by atoms with Crippen LogP contribution in [0, 0.1) is 20.3 Å². The van der Waals surface area contributed by atoms with Gasteiger partial charge in [0.15, 0.2) is 0 Å². The molecule has 1 nitrogen and oxygen atoms in total. The van der Waals surface area contributed by atoms with Gasteiger partial charge in [0.05, 0.1) is 0 Å². The lowest BCUT2D eigenvalue weighted by atomic mass is 10.0. The van der Waals surface area contributed by atoms with Crippen LogP contribution in [0.1, 0.15) is 23.6 Å². The highest BCUT2D eigenvalue weighted by Gasteiger charge is 2.00. The van der Waals surface area contributed by atoms with Gasteiger partial charge in [0.2, 0.25) is 0 Å². The molecule has 0 unspecified atom stereocenters. The second kappa shape index (κ2) is 2.95. The van der Waals surface area contributed by atoms with E-state index in [0.29, 0.717) is 5.75 Å². The summed E-state index contributed by atoms with van der Waals surface area (Å²) < 4.78 is 0. The summed E-state index contributed by atoms with van der Waals surface area (Å²) in [5, 5.41) is 9.41. The molecule has 1 heteroatoms. The number of hydrogen-bond acceptors (Lipinski definition) is 1. The first-order valence-corrected chi connectivity index (χ1v) is 3.74. The minimum atomic E-state index is 0.413. The van der Waals surface area contributed by atoms with Crippen LogP contribution in [0.2, 0.25) is 0 Å². The average molecular weight is 149 g/mol. The van der Waals surface area contributed by atoms with E-state index in [1.54, 1.807) is 0 Å². The molecule has 0 saturated carbocycles. The van der Waals surface area contributed by atoms with Gasteiger partial charge >= 0.3 is 0 Å². The van der Waals surface area contributed by atoms with E-state index in [2.05, 4.69) is 0 Å². The van der Waals surface area contributed by atoms with Crippen molar-refractivity contribution in [2.75, 3.05) is 0 Å². The molecule has 1 rings (SSSR count). The molecule has 0 atom stereocenters. The maximum atomic E-state index is 9.41. The molecule has 0 aliphatic carbocycles. The van der Waals surface area contributed by atoms with Gasteiger partial charge in [-0.25, -0.2) is 0 Å². The number of aryl methyl sites for hydroxylation is 2. The summed E-state index contributed by atoms with van der Waals surface area (Å²) in [6.07, 6.45) is 2.03. The van der Waals surface area contributed by atoms with Crippen molar-refractivity contribution in [3.63, 3.8) is 0 Å². The molecule has 0 heterocycles. The molecule has 0 fully saturated rings. The Morgan fingerprint density at radius 2 is 1.64 bits per heavy atom. The normalized spacial score (nSPS) is 10.1. The fourth-order valence-electron chi connectivity index (χ4n) is 1.16. The summed E-state index contributed by atoms with van der Waals surface area (Å²) in [7, 11) is 0. The van der Waals surface area contributed by atoms with E-state index in [4.69, 9.17) is 0 Å². The van der Waals surface area contributed by atoms with Gasteiger partial charge in [-0.2, -0.15) is 0 Å². The van der Waals surface area contributed by atoms with Crippen molar-refractivity contribution in [3.05, 3.63) is 35.2 Å². The van der Waals surface area contributed by atoms with Gasteiger partial charge in [0.25, 0.3) is 0 Å². The van der Waals surface area contributed by atoms with Crippen molar-refractivity contribution >= 4 is 0 Å². The molecule has 1 aromatic carbocycles. The van der Waals surface area contributed by atoms with E-state index >= 15 is 0 Å². The minimum absolute atomic E-state index is 0.413. The highest BCUT2D eigenvalue weighted by Crippen LogP contribution is 2.23. The van der Waals surface area contributed by atoms with Crippen molar-refractivity contribution in [2.24, 2.45) is 0 Å². The van der Waals surface area contributed by atoms with Crippen LogP contribution < -0.4 is 0 Å². The number of hydrogen-bond donors (Lipinski definition) is 1. The summed E-state index contributed by atoms with van der Waals surface area (Å²) >= 11 is 0. The molecule has 0 aromatic heterocycles. The summed E-state index contributed by atoms with van der Waals surface area (Å²) in [6, 6.07) is 3.95. The predicted molar refractivity (Wildman–Crippen MR) is 46.7 cm³/mol. The lowest BCUT2D eigenvalue weighted by Gasteiger charge is -2.05. The smallest absolute Gasteiger partial charge is 0.121 e. The fraction of sp³-hybridized carbons (Fsp3) is 0.300. The van der Waals surface area contributed by atoms with Crippen molar-refractivity contribution in [2.45, 2.75) is 20.8 Å². The Hall–Kier alpha value is -0.980. The highest BCUT2D eigenvalue weighted by molar-refractivity contribution is 5.43. The van der Waals surface area contributed by atoms with Crippen LogP contribution >= 0.6 is 0 Å². The molecule has 0 spiro atoms. The molecule has 0 aliphatic rings. The monoisotopic (exact) mass is 149 g/mol. The molecule has 1 N–H and O–H groups in total. The van der Waals surface area contributed by atoms with Crippen LogP contribution in [0.5, 0.6) is 5.75 Å². The molecule has 1 radical (unpaired) electrons. The summed E-state index contributed by atoms with van der Waals surface area (Å²) in [5.74, 6) is 0.413. The van der Waals surface area contributed by atoms with Crippen LogP contribution in [0.25, 0.3) is 0 Å². The van der Waals surface area contributed by atoms with Gasteiger partial charge in [0.1, 0.15) is 5.75 Å². The Morgan fingerprint density at radius 1 is 1.18 bits per heavy atom. The predicted octanol–water partition coefficient (Wildman–Crippen LogP) is 2.58. The second-order valence-electron chi connectivity index (χ2n) is 2.79. The zero-order valence-corrected chi connectivity index (χ0v) is 7.18. The Labute approximate surface area is 67.7 Å². The molecule has 0 saturated heterocycles. The van der Waals surface area contributed by atoms with Crippen molar-refractivity contribution < 1.29 is 5.11 Å². The standard InChI is InChI=1S/C10H13O/c1-4-9-5-7(2)10(11)8(3)6-9/h4-6,11H,1-3H3. The lowest BCUT2D eigenvalue weighted by Crippen LogP contribution is -1.84. The Bertz CT molecular complexity index is 241. The molecular weight excluding hydrogens is 136 g/mol. The van der Waals surface area contributed by atoms with E-state index in [-0.39, 0.29) is 0 Å². The molecule has 0 bridgehead atoms. The second-order valence-corrected chi connectivity index (χ2v) is 2.79. The minimum Gasteiger partial charge on any atom is -0.507 e. The van der Waals surface area contributed by atoms with Gasteiger partial charge in [-0.3, -0.25) is 0 Å². The zero-order chi connectivity index (χ0) is 8.43. The molecule has 1 aromatic rings. The number of phenolic OH excluding ortho intramolecular Hbond substituents is 1. The maximum Gasteiger partial charge on any atom is 0.121 e. The molecular formula is C10H13O. The molecule has 11 heavy (non-hydrogen) atoms. The van der Waals surface area contributed by atoms with Gasteiger partial charge in [-0.1, -0.05) is 19.1 Å². The topological polar surface area (TPSA) is 20.2 Å². The van der Waals surface area contributed by atoms with E-state index in [1.807, 2.05) is 39.3 Å². The van der Waals surface area contributed by atoms with Crippen LogP contribution in [0.15, 0.2) is 12.1 Å². The molecule has 0 amide bonds. The van der Waals surface area contributed by atoms with E-state index in [1.165, 1.54) is 0 Å². The van der Waals surface area contributed by atoms with Gasteiger partial charge in [-0.05, 0) is 37.0 Å².